The third-order valence-corrected chi connectivity index (χ3v) is 9.70. The highest BCUT2D eigenvalue weighted by molar-refractivity contribution is 7.11. The largest absolute Gasteiger partial charge is 0.466 e. The van der Waals surface area contributed by atoms with Crippen LogP contribution >= 0.6 is 22.9 Å². The highest BCUT2D eigenvalue weighted by Gasteiger charge is 2.36. The fourth-order valence-electron chi connectivity index (χ4n) is 5.92. The van der Waals surface area contributed by atoms with E-state index in [1.807, 2.05) is 24.6 Å². The van der Waals surface area contributed by atoms with Crippen LogP contribution < -0.4 is 15.0 Å². The average molecular weight is 714 g/mol. The van der Waals surface area contributed by atoms with Crippen molar-refractivity contribution in [2.24, 2.45) is 4.99 Å². The van der Waals surface area contributed by atoms with Crippen LogP contribution in [0.3, 0.4) is 0 Å². The average Bonchev–Trinajstić information content (AvgIpc) is 3.67. The number of rotatable bonds is 11. The summed E-state index contributed by atoms with van der Waals surface area (Å²) in [5, 5.41) is 15.0. The van der Waals surface area contributed by atoms with Crippen molar-refractivity contribution in [3.05, 3.63) is 117 Å². The zero-order chi connectivity index (χ0) is 35.2. The Morgan fingerprint density at radius 1 is 1.16 bits per heavy atom. The molecule has 0 bridgehead atoms. The molecule has 0 aliphatic carbocycles. The number of aromatic nitrogens is 1. The topological polar surface area (TPSA) is 123 Å². The van der Waals surface area contributed by atoms with Gasteiger partial charge in [0.15, 0.2) is 10.8 Å². The molecule has 3 heterocycles. The van der Waals surface area contributed by atoms with Crippen molar-refractivity contribution in [3.63, 3.8) is 0 Å². The number of nitrogens with one attached hydrogen (secondary N) is 1. The van der Waals surface area contributed by atoms with Gasteiger partial charge in [0.2, 0.25) is 6.41 Å². The van der Waals surface area contributed by atoms with Gasteiger partial charge in [0.05, 0.1) is 24.3 Å². The number of amides is 1. The first-order valence-electron chi connectivity index (χ1n) is 15.7. The van der Waals surface area contributed by atoms with Crippen molar-refractivity contribution in [1.82, 2.24) is 20.1 Å². The highest BCUT2D eigenvalue weighted by Crippen LogP contribution is 2.37. The molecule has 1 aromatic heterocycles. The lowest BCUT2D eigenvalue weighted by atomic mass is 9.95. The minimum Gasteiger partial charge on any atom is -0.466 e. The number of amidine groups is 1. The molecule has 256 valence electrons. The second-order valence-electron chi connectivity index (χ2n) is 11.8. The molecular weight excluding hydrogens is 681 g/mol. The molecule has 14 heteroatoms. The first-order chi connectivity index (χ1) is 24.3. The number of anilines is 1. The summed E-state index contributed by atoms with van der Waals surface area (Å²) in [6.07, 6.45) is 2.49. The number of methoxy groups -OCH3 is 1. The van der Waals surface area contributed by atoms with Gasteiger partial charge in [-0.1, -0.05) is 17.7 Å². The number of likely N-dealkylation sites (N-methyl/N-ethyl adjacent to an activating group) is 1. The number of piperazine rings is 1. The SMILES string of the molecule is COC(=O)C1=C(CN2CCN(C)C(CN(C=O)c3ccc(Oc4ccc(C#N)cc4)cc3)C2)NC(c2nccs2)=N[C@H]1c1ccc(F)cc1Cl. The highest BCUT2D eigenvalue weighted by atomic mass is 35.5. The lowest BCUT2D eigenvalue weighted by molar-refractivity contribution is -0.136. The van der Waals surface area contributed by atoms with Gasteiger partial charge in [-0.05, 0) is 67.7 Å². The van der Waals surface area contributed by atoms with Crippen LogP contribution in [-0.4, -0.2) is 85.9 Å². The van der Waals surface area contributed by atoms with E-state index in [4.69, 9.17) is 31.3 Å². The number of ether oxygens (including phenoxy) is 2. The molecule has 2 aliphatic heterocycles. The summed E-state index contributed by atoms with van der Waals surface area (Å²) < 4.78 is 25.2. The van der Waals surface area contributed by atoms with Gasteiger partial charge in [-0.2, -0.15) is 5.26 Å². The van der Waals surface area contributed by atoms with Gasteiger partial charge in [0, 0.05) is 72.3 Å². The minimum atomic E-state index is -0.858. The molecule has 0 saturated carbocycles. The van der Waals surface area contributed by atoms with Gasteiger partial charge < -0.3 is 19.7 Å². The van der Waals surface area contributed by atoms with Gasteiger partial charge >= 0.3 is 5.97 Å². The molecular formula is C36H33ClFN7O4S. The number of hydrogen-bond donors (Lipinski definition) is 1. The van der Waals surface area contributed by atoms with E-state index in [0.717, 1.165) is 13.0 Å². The normalized spacial score (nSPS) is 18.1. The molecule has 2 atom stereocenters. The number of benzene rings is 3. The van der Waals surface area contributed by atoms with Crippen molar-refractivity contribution >= 4 is 46.8 Å². The Bertz CT molecular complexity index is 1950. The van der Waals surface area contributed by atoms with Crippen LogP contribution in [0, 0.1) is 17.1 Å². The predicted molar refractivity (Wildman–Crippen MR) is 189 cm³/mol. The monoisotopic (exact) mass is 713 g/mol. The standard InChI is InChI=1S/C36H33ClFN7O4S/c1-43-14-15-44(19-26(43)20-45(22-46)25-6-10-28(11-7-25)49-27-8-3-23(18-39)4-9-27)21-31-32(36(47)48-2)33(29-12-5-24(38)17-30(29)37)42-34(41-31)35-40-13-16-50-35/h3-13,16-17,22,26,33H,14-15,19-21H2,1-2H3,(H,41,42)/t26?,33-/m0/s1. The fraction of sp³-hybridized carbons (Fsp3) is 0.250. The van der Waals surface area contributed by atoms with E-state index < -0.39 is 17.8 Å². The van der Waals surface area contributed by atoms with E-state index >= 15 is 0 Å². The number of esters is 1. The zero-order valence-corrected chi connectivity index (χ0v) is 28.8. The van der Waals surface area contributed by atoms with Gasteiger partial charge in [0.1, 0.15) is 23.4 Å². The number of halogens is 2. The number of thiazole rings is 1. The van der Waals surface area contributed by atoms with Crippen molar-refractivity contribution in [1.29, 1.82) is 5.26 Å². The van der Waals surface area contributed by atoms with Crippen LogP contribution in [0.25, 0.3) is 0 Å². The molecule has 0 radical (unpaired) electrons. The van der Waals surface area contributed by atoms with E-state index in [1.165, 1.54) is 36.6 Å². The zero-order valence-electron chi connectivity index (χ0n) is 27.3. The van der Waals surface area contributed by atoms with Crippen molar-refractivity contribution < 1.29 is 23.5 Å². The molecule has 1 unspecified atom stereocenters. The smallest absolute Gasteiger partial charge is 0.338 e. The van der Waals surface area contributed by atoms with Crippen LogP contribution in [0.2, 0.25) is 5.02 Å². The van der Waals surface area contributed by atoms with E-state index in [9.17, 15) is 14.0 Å². The van der Waals surface area contributed by atoms with Crippen molar-refractivity contribution in [2.75, 3.05) is 51.8 Å². The molecule has 11 nitrogen and oxygen atoms in total. The number of nitriles is 1. The number of hydrogen-bond acceptors (Lipinski definition) is 11. The molecule has 3 aromatic carbocycles. The summed E-state index contributed by atoms with van der Waals surface area (Å²) >= 11 is 7.90. The lowest BCUT2D eigenvalue weighted by Crippen LogP contribution is -2.56. The van der Waals surface area contributed by atoms with E-state index in [2.05, 4.69) is 26.2 Å². The summed E-state index contributed by atoms with van der Waals surface area (Å²) in [6, 6.07) is 19.3. The van der Waals surface area contributed by atoms with Gasteiger partial charge in [-0.3, -0.25) is 19.6 Å². The maximum absolute atomic E-state index is 14.0. The van der Waals surface area contributed by atoms with Crippen LogP contribution in [0.4, 0.5) is 10.1 Å². The van der Waals surface area contributed by atoms with Gasteiger partial charge in [-0.25, -0.2) is 14.2 Å². The van der Waals surface area contributed by atoms with Gasteiger partial charge in [0.25, 0.3) is 0 Å². The lowest BCUT2D eigenvalue weighted by Gasteiger charge is -2.41. The maximum Gasteiger partial charge on any atom is 0.338 e. The summed E-state index contributed by atoms with van der Waals surface area (Å²) in [5.41, 5.74) is 2.58. The summed E-state index contributed by atoms with van der Waals surface area (Å²) in [5.74, 6) is 0.589. The Kier molecular flexibility index (Phi) is 10.8. The van der Waals surface area contributed by atoms with Gasteiger partial charge in [-0.15, -0.1) is 11.3 Å². The molecule has 4 aromatic rings. The first-order valence-corrected chi connectivity index (χ1v) is 17.0. The molecule has 2 aliphatic rings. The predicted octanol–water partition coefficient (Wildman–Crippen LogP) is 5.40. The third-order valence-electron chi connectivity index (χ3n) is 8.59. The van der Waals surface area contributed by atoms with Crippen LogP contribution in [0.5, 0.6) is 11.5 Å². The molecule has 1 saturated heterocycles. The number of carbonyl (C=O) groups excluding carboxylic acids is 2. The molecule has 6 rings (SSSR count). The first kappa shape index (κ1) is 34.7. The Labute approximate surface area is 297 Å². The Hall–Kier alpha value is -5.13. The van der Waals surface area contributed by atoms with Crippen LogP contribution in [0.1, 0.15) is 22.2 Å². The molecule has 1 amide bonds. The van der Waals surface area contributed by atoms with Crippen molar-refractivity contribution in [3.8, 4) is 17.6 Å². The summed E-state index contributed by atoms with van der Waals surface area (Å²) in [7, 11) is 3.33. The quantitative estimate of drug-likeness (QED) is 0.161. The Morgan fingerprint density at radius 2 is 1.90 bits per heavy atom. The summed E-state index contributed by atoms with van der Waals surface area (Å²) in [4.78, 5) is 41.0. The van der Waals surface area contributed by atoms with E-state index in [1.54, 1.807) is 47.5 Å². The number of nitrogens with zero attached hydrogens (tertiary/aromatic N) is 6. The van der Waals surface area contributed by atoms with E-state index in [-0.39, 0.29) is 16.6 Å². The van der Waals surface area contributed by atoms with E-state index in [0.29, 0.717) is 71.0 Å². The Balaban J connectivity index is 1.21. The number of aliphatic imine (C=N–C) groups is 1. The molecule has 1 N–H and O–H groups in total. The minimum absolute atomic E-state index is 0.0382. The molecule has 0 spiro atoms. The molecule has 1 fully saturated rings. The number of carbonyl (C=O) groups is 2. The Morgan fingerprint density at radius 3 is 2.54 bits per heavy atom. The fourth-order valence-corrected chi connectivity index (χ4v) is 6.78. The molecule has 50 heavy (non-hydrogen) atoms. The third kappa shape index (κ3) is 7.85. The maximum atomic E-state index is 14.0. The second-order valence-corrected chi connectivity index (χ2v) is 13.1. The van der Waals surface area contributed by atoms with Crippen LogP contribution in [0.15, 0.2) is 94.6 Å². The van der Waals surface area contributed by atoms with Crippen molar-refractivity contribution in [2.45, 2.75) is 12.1 Å². The van der Waals surface area contributed by atoms with Crippen LogP contribution in [-0.2, 0) is 14.3 Å². The second kappa shape index (κ2) is 15.6. The summed E-state index contributed by atoms with van der Waals surface area (Å²) in [6.45, 7) is 2.77.